The molecule has 0 radical (unpaired) electrons. The number of ketones is 1. The minimum atomic E-state index is -1.01. The summed E-state index contributed by atoms with van der Waals surface area (Å²) < 4.78 is 10.4. The highest BCUT2D eigenvalue weighted by molar-refractivity contribution is 6.25. The highest BCUT2D eigenvalue weighted by atomic mass is 16.5. The minimum absolute atomic E-state index is 0.0178. The largest absolute Gasteiger partial charge is 0.461 e. The number of esters is 1. The van der Waals surface area contributed by atoms with Crippen LogP contribution in [-0.2, 0) is 30.3 Å². The van der Waals surface area contributed by atoms with Crippen molar-refractivity contribution in [2.75, 3.05) is 7.11 Å². The number of hydrogen-bond acceptors (Lipinski definition) is 5. The van der Waals surface area contributed by atoms with E-state index in [1.54, 1.807) is 13.8 Å². The summed E-state index contributed by atoms with van der Waals surface area (Å²) in [4.78, 5) is 39.0. The third-order valence-electron chi connectivity index (χ3n) is 3.67. The minimum Gasteiger partial charge on any atom is -0.461 e. The number of nitrogens with zero attached hydrogens (tertiary/aromatic N) is 2. The van der Waals surface area contributed by atoms with Crippen molar-refractivity contribution in [1.82, 2.24) is 5.32 Å². The Morgan fingerprint density at radius 2 is 1.89 bits per heavy atom. The van der Waals surface area contributed by atoms with E-state index >= 15 is 0 Å². The molecule has 0 saturated carbocycles. The molecule has 1 aromatic carbocycles. The molecule has 0 heterocycles. The van der Waals surface area contributed by atoms with Gasteiger partial charge in [0.15, 0.2) is 0 Å². The Morgan fingerprint density at radius 1 is 1.22 bits per heavy atom. The van der Waals surface area contributed by atoms with Crippen LogP contribution in [0.1, 0.15) is 32.3 Å². The molecule has 1 rings (SSSR count). The molecular weight excluding hydrogens is 350 g/mol. The highest BCUT2D eigenvalue weighted by Crippen LogP contribution is 2.08. The van der Waals surface area contributed by atoms with Crippen molar-refractivity contribution in [2.24, 2.45) is 0 Å². The molecule has 0 spiro atoms. The molecule has 146 valence electrons. The van der Waals surface area contributed by atoms with Crippen LogP contribution in [0.25, 0.3) is 5.53 Å². The first-order valence-corrected chi connectivity index (χ1v) is 8.65. The van der Waals surface area contributed by atoms with Crippen LogP contribution in [-0.4, -0.2) is 54.0 Å². The van der Waals surface area contributed by atoms with Crippen molar-refractivity contribution < 1.29 is 28.6 Å². The predicted molar refractivity (Wildman–Crippen MR) is 98.0 cm³/mol. The van der Waals surface area contributed by atoms with Gasteiger partial charge in [-0.05, 0) is 25.8 Å². The standard InChI is InChI=1S/C19H25N3O5/c1-13(2)27-19(25)16(10-9-15(23)12-21-20)22-18(24)17(26-3)11-14-7-5-4-6-8-14/h4-8,12-13,16-17H,9-11H2,1-3H3,(H,22,24)/t16-,17-/m0/s1. The quantitative estimate of drug-likeness (QED) is 0.271. The number of nitrogens with one attached hydrogen (secondary N) is 1. The number of amides is 1. The fraction of sp³-hybridized carbons (Fsp3) is 0.474. The van der Waals surface area contributed by atoms with Crippen LogP contribution in [0.5, 0.6) is 0 Å². The smallest absolute Gasteiger partial charge is 0.328 e. The molecule has 0 bridgehead atoms. The van der Waals surface area contributed by atoms with Gasteiger partial charge in [-0.1, -0.05) is 30.3 Å². The van der Waals surface area contributed by atoms with Crippen LogP contribution in [0, 0.1) is 0 Å². The van der Waals surface area contributed by atoms with Gasteiger partial charge in [-0.25, -0.2) is 4.79 Å². The van der Waals surface area contributed by atoms with E-state index in [0.29, 0.717) is 6.42 Å². The Bertz CT molecular complexity index is 684. The second-order valence-electron chi connectivity index (χ2n) is 6.21. The molecule has 1 N–H and O–H groups in total. The molecule has 8 nitrogen and oxygen atoms in total. The molecule has 1 aromatic rings. The van der Waals surface area contributed by atoms with Gasteiger partial charge in [-0.2, -0.15) is 4.79 Å². The van der Waals surface area contributed by atoms with Crippen LogP contribution >= 0.6 is 0 Å². The summed E-state index contributed by atoms with van der Waals surface area (Å²) in [5.74, 6) is -1.58. The lowest BCUT2D eigenvalue weighted by molar-refractivity contribution is -0.152. The van der Waals surface area contributed by atoms with Gasteiger partial charge >= 0.3 is 12.2 Å². The number of carbonyl (C=O) groups excluding carboxylic acids is 3. The maximum Gasteiger partial charge on any atom is 0.328 e. The van der Waals surface area contributed by atoms with Crippen molar-refractivity contribution in [2.45, 2.75) is 51.4 Å². The Kier molecular flexibility index (Phi) is 9.64. The maximum atomic E-state index is 12.6. The van der Waals surface area contributed by atoms with Crippen molar-refractivity contribution in [3.63, 3.8) is 0 Å². The Labute approximate surface area is 158 Å². The van der Waals surface area contributed by atoms with Gasteiger partial charge in [0.1, 0.15) is 12.1 Å². The molecular formula is C19H25N3O5. The molecule has 0 aliphatic heterocycles. The molecule has 0 aliphatic carbocycles. The number of hydrogen-bond donors (Lipinski definition) is 1. The Balaban J connectivity index is 2.80. The van der Waals surface area contributed by atoms with Gasteiger partial charge in [0.2, 0.25) is 11.7 Å². The van der Waals surface area contributed by atoms with Gasteiger partial charge in [0.05, 0.1) is 6.10 Å². The number of ether oxygens (including phenoxy) is 2. The third-order valence-corrected chi connectivity index (χ3v) is 3.67. The lowest BCUT2D eigenvalue weighted by atomic mass is 10.1. The summed E-state index contributed by atoms with van der Waals surface area (Å²) in [5, 5.41) is 2.59. The topological polar surface area (TPSA) is 118 Å². The van der Waals surface area contributed by atoms with Crippen LogP contribution in [0.3, 0.4) is 0 Å². The molecule has 0 aliphatic rings. The summed E-state index contributed by atoms with van der Waals surface area (Å²) in [7, 11) is 1.41. The zero-order chi connectivity index (χ0) is 20.2. The SMILES string of the molecule is CO[C@@H](Cc1ccccc1)C(=O)N[C@@H](CCC(=O)C=[N+]=[N-])C(=O)OC(C)C. The molecule has 0 saturated heterocycles. The van der Waals surface area contributed by atoms with Crippen molar-refractivity contribution in [3.8, 4) is 0 Å². The fourth-order valence-corrected chi connectivity index (χ4v) is 2.35. The van der Waals surface area contributed by atoms with Gasteiger partial charge in [0, 0.05) is 20.0 Å². The van der Waals surface area contributed by atoms with E-state index in [4.69, 9.17) is 15.0 Å². The van der Waals surface area contributed by atoms with Crippen molar-refractivity contribution in [3.05, 3.63) is 41.4 Å². The van der Waals surface area contributed by atoms with Crippen molar-refractivity contribution in [1.29, 1.82) is 0 Å². The first kappa shape index (κ1) is 22.2. The van der Waals surface area contributed by atoms with Crippen molar-refractivity contribution >= 4 is 23.9 Å². The van der Waals surface area contributed by atoms with E-state index in [1.165, 1.54) is 7.11 Å². The summed E-state index contributed by atoms with van der Waals surface area (Å²) in [6.45, 7) is 3.38. The van der Waals surface area contributed by atoms with Crippen LogP contribution in [0.2, 0.25) is 0 Å². The molecule has 1 amide bonds. The third kappa shape index (κ3) is 8.40. The van der Waals surface area contributed by atoms with Crippen LogP contribution in [0.15, 0.2) is 30.3 Å². The van der Waals surface area contributed by atoms with Gasteiger partial charge < -0.3 is 20.3 Å². The zero-order valence-electron chi connectivity index (χ0n) is 15.8. The number of carbonyl (C=O) groups is 3. The lowest BCUT2D eigenvalue weighted by Crippen LogP contribution is -2.48. The van der Waals surface area contributed by atoms with E-state index in [9.17, 15) is 14.4 Å². The molecule has 0 unspecified atom stereocenters. The zero-order valence-corrected chi connectivity index (χ0v) is 15.8. The van der Waals surface area contributed by atoms with E-state index in [1.807, 2.05) is 30.3 Å². The van der Waals surface area contributed by atoms with Gasteiger partial charge in [-0.15, -0.1) is 0 Å². The maximum absolute atomic E-state index is 12.6. The average molecular weight is 375 g/mol. The molecule has 8 heteroatoms. The van der Waals surface area contributed by atoms with Crippen LogP contribution in [0.4, 0.5) is 0 Å². The first-order valence-electron chi connectivity index (χ1n) is 8.65. The van der Waals surface area contributed by atoms with Crippen LogP contribution < -0.4 is 5.32 Å². The predicted octanol–water partition coefficient (Wildman–Crippen LogP) is 1.33. The highest BCUT2D eigenvalue weighted by Gasteiger charge is 2.28. The summed E-state index contributed by atoms with van der Waals surface area (Å²) >= 11 is 0. The monoisotopic (exact) mass is 375 g/mol. The molecule has 27 heavy (non-hydrogen) atoms. The Hall–Kier alpha value is -2.83. The first-order chi connectivity index (χ1) is 12.9. The van der Waals surface area contributed by atoms with E-state index < -0.39 is 29.8 Å². The number of rotatable bonds is 11. The average Bonchev–Trinajstić information content (AvgIpc) is 2.63. The summed E-state index contributed by atoms with van der Waals surface area (Å²) in [6, 6.07) is 8.32. The van der Waals surface area contributed by atoms with E-state index in [-0.39, 0.29) is 18.9 Å². The summed E-state index contributed by atoms with van der Waals surface area (Å²) in [5.41, 5.74) is 9.30. The normalized spacial score (nSPS) is 12.6. The van der Waals surface area contributed by atoms with E-state index in [2.05, 4.69) is 10.1 Å². The number of Topliss-reactive ketones (excluding diaryl/α,β-unsaturated/α-hetero) is 1. The fourth-order valence-electron chi connectivity index (χ4n) is 2.35. The second-order valence-corrected chi connectivity index (χ2v) is 6.21. The molecule has 0 fully saturated rings. The molecule has 0 aromatic heterocycles. The van der Waals surface area contributed by atoms with Gasteiger partial charge in [-0.3, -0.25) is 9.59 Å². The second kappa shape index (κ2) is 11.7. The lowest BCUT2D eigenvalue weighted by Gasteiger charge is -2.22. The Morgan fingerprint density at radius 3 is 2.44 bits per heavy atom. The van der Waals surface area contributed by atoms with Gasteiger partial charge in [0.25, 0.3) is 0 Å². The summed E-state index contributed by atoms with van der Waals surface area (Å²) in [6.07, 6.45) is -0.140. The van der Waals surface area contributed by atoms with E-state index in [0.717, 1.165) is 11.8 Å². The molecule has 2 atom stereocenters. The number of benzene rings is 1. The number of methoxy groups -OCH3 is 1.